The standard InChI is InChI=1S/C29H34FN5O6S2/c30-20-9-7-18(8-10-20)23-17-42-28(32-23)31-22-5-3-15-41-14-2-4-19-16-29(19,27(38)34-43(39,40)21-11-12-21)33-25(36)24-6-1-13-35(24)26(22)37/h2,4,7-10,17,19,21-22,24H,1,3,5-6,11-16H2,(H,31,32)(H,33,36)(H,34,38). The van der Waals surface area contributed by atoms with Crippen LogP contribution in [-0.4, -0.2) is 78.7 Å². The normalized spacial score (nSPS) is 28.2. The zero-order valence-corrected chi connectivity index (χ0v) is 25.1. The van der Waals surface area contributed by atoms with Gasteiger partial charge in [-0.1, -0.05) is 12.2 Å². The molecule has 1 aromatic heterocycles. The summed E-state index contributed by atoms with van der Waals surface area (Å²) in [5.74, 6) is -2.21. The maximum Gasteiger partial charge on any atom is 0.259 e. The first-order chi connectivity index (χ1) is 20.7. The molecule has 3 N–H and O–H groups in total. The second-order valence-corrected chi connectivity index (χ2v) is 14.3. The van der Waals surface area contributed by atoms with Crippen LogP contribution in [0.4, 0.5) is 9.52 Å². The Bertz CT molecular complexity index is 1530. The molecule has 230 valence electrons. The highest BCUT2D eigenvalue weighted by Gasteiger charge is 2.61. The number of nitrogens with one attached hydrogen (secondary N) is 3. The number of amides is 3. The zero-order chi connectivity index (χ0) is 30.2. The summed E-state index contributed by atoms with van der Waals surface area (Å²) in [5, 5.41) is 7.86. The Morgan fingerprint density at radius 3 is 2.70 bits per heavy atom. The molecule has 1 aromatic carbocycles. The Hall–Kier alpha value is -3.36. The number of thiazole rings is 1. The molecule has 2 aromatic rings. The van der Waals surface area contributed by atoms with Crippen molar-refractivity contribution in [1.29, 1.82) is 0 Å². The number of ether oxygens (including phenoxy) is 1. The van der Waals surface area contributed by atoms with Crippen LogP contribution in [0.25, 0.3) is 11.3 Å². The van der Waals surface area contributed by atoms with Crippen molar-refractivity contribution in [2.75, 3.05) is 25.1 Å². The predicted molar refractivity (Wildman–Crippen MR) is 158 cm³/mol. The van der Waals surface area contributed by atoms with Gasteiger partial charge in [-0.2, -0.15) is 0 Å². The van der Waals surface area contributed by atoms with Crippen LogP contribution < -0.4 is 15.4 Å². The van der Waals surface area contributed by atoms with Gasteiger partial charge in [0.2, 0.25) is 21.8 Å². The van der Waals surface area contributed by atoms with Crippen molar-refractivity contribution in [3.8, 4) is 11.3 Å². The van der Waals surface area contributed by atoms with Crippen LogP contribution in [-0.2, 0) is 29.1 Å². The van der Waals surface area contributed by atoms with E-state index >= 15 is 0 Å². The fourth-order valence-corrected chi connectivity index (χ4v) is 7.87. The maximum atomic E-state index is 13.9. The molecule has 2 aliphatic heterocycles. The monoisotopic (exact) mass is 631 g/mol. The molecule has 3 heterocycles. The highest BCUT2D eigenvalue weighted by atomic mass is 32.2. The number of anilines is 1. The molecule has 2 saturated carbocycles. The van der Waals surface area contributed by atoms with Crippen LogP contribution in [0.2, 0.25) is 0 Å². The Labute approximate surface area is 253 Å². The molecular formula is C29H34FN5O6S2. The minimum atomic E-state index is -3.81. The lowest BCUT2D eigenvalue weighted by atomic mass is 10.1. The SMILES string of the molecule is O=C1NC2(C(=O)NS(=O)(=O)C3CC3)CC2C=CCOCCCC(Nc2nc(-c3ccc(F)cc3)cs2)C(=O)N2CCCC12. The van der Waals surface area contributed by atoms with Crippen molar-refractivity contribution in [2.24, 2.45) is 5.92 Å². The predicted octanol–water partition coefficient (Wildman–Crippen LogP) is 2.57. The average Bonchev–Trinajstić information content (AvgIpc) is 3.84. The van der Waals surface area contributed by atoms with Crippen LogP contribution in [0.3, 0.4) is 0 Å². The Balaban J connectivity index is 1.21. The first-order valence-electron chi connectivity index (χ1n) is 14.6. The first-order valence-corrected chi connectivity index (χ1v) is 17.0. The number of carbonyl (C=O) groups excluding carboxylic acids is 3. The number of carbonyl (C=O) groups is 3. The molecule has 0 spiro atoms. The molecule has 0 radical (unpaired) electrons. The molecule has 4 aliphatic rings. The minimum Gasteiger partial charge on any atom is -0.377 e. The van der Waals surface area contributed by atoms with E-state index in [-0.39, 0.29) is 30.7 Å². The highest BCUT2D eigenvalue weighted by molar-refractivity contribution is 7.91. The van der Waals surface area contributed by atoms with Crippen molar-refractivity contribution in [2.45, 2.75) is 67.8 Å². The molecule has 0 bridgehead atoms. The fraction of sp³-hybridized carbons (Fsp3) is 0.517. The van der Waals surface area contributed by atoms with E-state index in [1.165, 1.54) is 23.5 Å². The third-order valence-electron chi connectivity index (χ3n) is 8.41. The summed E-state index contributed by atoms with van der Waals surface area (Å²) < 4.78 is 46.4. The topological polar surface area (TPSA) is 147 Å². The summed E-state index contributed by atoms with van der Waals surface area (Å²) >= 11 is 1.33. The van der Waals surface area contributed by atoms with Gasteiger partial charge in [0.05, 0.1) is 17.6 Å². The third kappa shape index (κ3) is 6.46. The largest absolute Gasteiger partial charge is 0.377 e. The average molecular weight is 632 g/mol. The van der Waals surface area contributed by atoms with Crippen LogP contribution >= 0.6 is 11.3 Å². The number of halogens is 1. The molecule has 11 nitrogen and oxygen atoms in total. The molecule has 3 amide bonds. The van der Waals surface area contributed by atoms with Gasteiger partial charge in [-0.25, -0.2) is 17.8 Å². The lowest BCUT2D eigenvalue weighted by Gasteiger charge is -2.30. The van der Waals surface area contributed by atoms with E-state index in [9.17, 15) is 27.2 Å². The number of rotatable bonds is 6. The fourth-order valence-electron chi connectivity index (χ4n) is 5.73. The molecule has 14 heteroatoms. The van der Waals surface area contributed by atoms with E-state index in [0.717, 1.165) is 5.56 Å². The lowest BCUT2D eigenvalue weighted by Crippen LogP contribution is -2.57. The summed E-state index contributed by atoms with van der Waals surface area (Å²) in [6.07, 6.45) is 6.88. The number of benzene rings is 1. The molecular weight excluding hydrogens is 597 g/mol. The van der Waals surface area contributed by atoms with Crippen molar-refractivity contribution in [3.05, 3.63) is 47.6 Å². The Kier molecular flexibility index (Phi) is 8.26. The van der Waals surface area contributed by atoms with Crippen LogP contribution in [0, 0.1) is 11.7 Å². The Morgan fingerprint density at radius 2 is 1.93 bits per heavy atom. The van der Waals surface area contributed by atoms with E-state index in [1.54, 1.807) is 29.2 Å². The van der Waals surface area contributed by atoms with Crippen molar-refractivity contribution >= 4 is 44.2 Å². The Morgan fingerprint density at radius 1 is 1.14 bits per heavy atom. The summed E-state index contributed by atoms with van der Waals surface area (Å²) in [5.41, 5.74) is -0.00232. The van der Waals surface area contributed by atoms with Gasteiger partial charge in [-0.05, 0) is 69.2 Å². The second kappa shape index (κ2) is 12.0. The van der Waals surface area contributed by atoms with Gasteiger partial charge in [0, 0.05) is 30.0 Å². The number of fused-ring (bicyclic) bond motifs is 2. The number of hydrogen-bond acceptors (Lipinski definition) is 9. The van der Waals surface area contributed by atoms with Crippen molar-refractivity contribution in [1.82, 2.24) is 19.9 Å². The van der Waals surface area contributed by atoms with Gasteiger partial charge in [-0.15, -0.1) is 11.3 Å². The summed E-state index contributed by atoms with van der Waals surface area (Å²) in [7, 11) is -3.81. The quantitative estimate of drug-likeness (QED) is 0.413. The first kappa shape index (κ1) is 29.7. The smallest absolute Gasteiger partial charge is 0.259 e. The van der Waals surface area contributed by atoms with E-state index in [1.807, 2.05) is 5.38 Å². The number of sulfonamides is 1. The summed E-state index contributed by atoms with van der Waals surface area (Å²) in [4.78, 5) is 47.0. The van der Waals surface area contributed by atoms with Crippen LogP contribution in [0.15, 0.2) is 41.8 Å². The van der Waals surface area contributed by atoms with Crippen molar-refractivity contribution < 1.29 is 31.9 Å². The van der Waals surface area contributed by atoms with E-state index in [2.05, 4.69) is 20.3 Å². The van der Waals surface area contributed by atoms with Gasteiger partial charge in [0.25, 0.3) is 5.91 Å². The van der Waals surface area contributed by atoms with Gasteiger partial charge >= 0.3 is 0 Å². The number of aromatic nitrogens is 1. The number of hydrogen-bond donors (Lipinski definition) is 3. The lowest BCUT2D eigenvalue weighted by molar-refractivity contribution is -0.140. The van der Waals surface area contributed by atoms with Gasteiger partial charge in [0.15, 0.2) is 5.13 Å². The van der Waals surface area contributed by atoms with Crippen LogP contribution in [0.1, 0.15) is 44.9 Å². The molecule has 4 unspecified atom stereocenters. The van der Waals surface area contributed by atoms with Gasteiger partial charge in [-0.3, -0.25) is 19.1 Å². The second-order valence-electron chi connectivity index (χ2n) is 11.5. The minimum absolute atomic E-state index is 0.256. The molecule has 4 atom stereocenters. The van der Waals surface area contributed by atoms with E-state index in [4.69, 9.17) is 4.74 Å². The molecule has 3 fully saturated rings. The van der Waals surface area contributed by atoms with E-state index in [0.29, 0.717) is 62.5 Å². The summed E-state index contributed by atoms with van der Waals surface area (Å²) in [6, 6.07) is 4.53. The van der Waals surface area contributed by atoms with E-state index < -0.39 is 44.7 Å². The third-order valence-corrected chi connectivity index (χ3v) is 11.0. The van der Waals surface area contributed by atoms with Gasteiger partial charge < -0.3 is 20.3 Å². The summed E-state index contributed by atoms with van der Waals surface area (Å²) in [6.45, 7) is 1.05. The molecule has 43 heavy (non-hydrogen) atoms. The van der Waals surface area contributed by atoms with Crippen molar-refractivity contribution in [3.63, 3.8) is 0 Å². The van der Waals surface area contributed by atoms with Gasteiger partial charge in [0.1, 0.15) is 23.4 Å². The van der Waals surface area contributed by atoms with Crippen LogP contribution in [0.5, 0.6) is 0 Å². The maximum absolute atomic E-state index is 13.9. The molecule has 1 saturated heterocycles. The zero-order valence-electron chi connectivity index (χ0n) is 23.5. The highest BCUT2D eigenvalue weighted by Crippen LogP contribution is 2.46. The molecule has 6 rings (SSSR count). The number of nitrogens with zero attached hydrogens (tertiary/aromatic N) is 2. The molecule has 2 aliphatic carbocycles.